The Kier molecular flexibility index (Phi) is 18.0. The molecule has 0 spiro atoms. The van der Waals surface area contributed by atoms with Crippen molar-refractivity contribution < 1.29 is 47.4 Å². The number of guanidine groups is 1. The van der Waals surface area contributed by atoms with E-state index in [0.717, 1.165) is 22.3 Å². The summed E-state index contributed by atoms with van der Waals surface area (Å²) in [7, 11) is 0. The number of amides is 5. The molecule has 0 heterocycles. The number of aliphatic carboxylic acids is 1. The second-order valence-corrected chi connectivity index (χ2v) is 12.3. The molecular formula is C40H44F3N7O7. The molecule has 57 heavy (non-hydrogen) atoms. The predicted molar refractivity (Wildman–Crippen MR) is 206 cm³/mol. The summed E-state index contributed by atoms with van der Waals surface area (Å²) < 4.78 is 31.7. The zero-order valence-electron chi connectivity index (χ0n) is 30.7. The molecule has 0 radical (unpaired) electrons. The SMILES string of the molecule is NC(=NCCC[C@@H](NC(=O)C(c1ccccc1)c1ccccc1)C(=O)NCc1ccc(O)cc1)NC(=O)NCCNC(=O)Cc1ccccc1.O=C(O)C(F)(F)F. The zero-order chi connectivity index (χ0) is 41.6. The Hall–Kier alpha value is -6.91. The van der Waals surface area contributed by atoms with Gasteiger partial charge in [-0.1, -0.05) is 103 Å². The number of carbonyl (C=O) groups excluding carboxylic acids is 4. The van der Waals surface area contributed by atoms with Crippen molar-refractivity contribution in [3.05, 3.63) is 138 Å². The van der Waals surface area contributed by atoms with Gasteiger partial charge in [-0.3, -0.25) is 24.7 Å². The number of benzene rings is 4. The number of aromatic hydroxyl groups is 1. The van der Waals surface area contributed by atoms with Gasteiger partial charge in [0, 0.05) is 26.2 Å². The maximum atomic E-state index is 13.8. The first-order valence-corrected chi connectivity index (χ1v) is 17.6. The standard InChI is InChI=1S/C38H43N7O5.C2HF3O2/c39-37(45-38(50)42-24-23-40-33(47)25-27-11-4-1-5-12-27)41-22-10-17-32(35(48)43-26-28-18-20-31(46)21-19-28)44-36(49)34(29-13-6-2-7-14-29)30-15-8-3-9-16-30;3-2(4,5)1(6)7/h1-9,11-16,18-21,32,34,46H,10,17,22-26H2,(H,40,47)(H,43,48)(H,44,49)(H4,39,41,42,45,50);(H,6,7)/t32-;/m1./s1. The van der Waals surface area contributed by atoms with E-state index in [0.29, 0.717) is 6.42 Å². The van der Waals surface area contributed by atoms with Gasteiger partial charge in [0.15, 0.2) is 5.96 Å². The van der Waals surface area contributed by atoms with Crippen molar-refractivity contribution in [2.75, 3.05) is 19.6 Å². The number of carboxylic acids is 1. The van der Waals surface area contributed by atoms with E-state index in [1.807, 2.05) is 91.0 Å². The molecule has 302 valence electrons. The number of phenolic OH excluding ortho intramolecular Hbond substituents is 1. The molecule has 0 aliphatic carbocycles. The molecule has 0 bridgehead atoms. The molecule has 4 aromatic rings. The summed E-state index contributed by atoms with van der Waals surface area (Å²) in [5.41, 5.74) is 9.16. The smallest absolute Gasteiger partial charge is 0.490 e. The van der Waals surface area contributed by atoms with Gasteiger partial charge in [-0.2, -0.15) is 13.2 Å². The lowest BCUT2D eigenvalue weighted by Gasteiger charge is -2.23. The van der Waals surface area contributed by atoms with Crippen LogP contribution in [0.25, 0.3) is 0 Å². The third-order valence-corrected chi connectivity index (χ3v) is 7.92. The third kappa shape index (κ3) is 17.0. The summed E-state index contributed by atoms with van der Waals surface area (Å²) >= 11 is 0. The Morgan fingerprint density at radius 1 is 0.702 bits per heavy atom. The van der Waals surface area contributed by atoms with E-state index < -0.39 is 30.1 Å². The Labute approximate surface area is 326 Å². The number of carbonyl (C=O) groups is 5. The fourth-order valence-electron chi connectivity index (χ4n) is 5.15. The molecule has 0 aromatic heterocycles. The van der Waals surface area contributed by atoms with Crippen LogP contribution in [0.2, 0.25) is 0 Å². The lowest BCUT2D eigenvalue weighted by molar-refractivity contribution is -0.192. The topological polar surface area (TPSA) is 224 Å². The van der Waals surface area contributed by atoms with Gasteiger partial charge in [0.05, 0.1) is 12.3 Å². The van der Waals surface area contributed by atoms with Crippen LogP contribution in [0.3, 0.4) is 0 Å². The number of hydrogen-bond acceptors (Lipinski definition) is 7. The lowest BCUT2D eigenvalue weighted by atomic mass is 9.90. The molecule has 4 rings (SSSR count). The van der Waals surface area contributed by atoms with Crippen molar-refractivity contribution in [1.29, 1.82) is 0 Å². The maximum absolute atomic E-state index is 13.8. The van der Waals surface area contributed by atoms with Crippen LogP contribution in [0.5, 0.6) is 5.75 Å². The molecule has 5 amide bonds. The van der Waals surface area contributed by atoms with Crippen molar-refractivity contribution in [3.63, 3.8) is 0 Å². The molecule has 0 aliphatic rings. The number of phenols is 1. The number of nitrogens with one attached hydrogen (secondary N) is 5. The second kappa shape index (κ2) is 23.1. The summed E-state index contributed by atoms with van der Waals surface area (Å²) in [5, 5.41) is 30.3. The fourth-order valence-corrected chi connectivity index (χ4v) is 5.15. The Balaban J connectivity index is 0.00000113. The summed E-state index contributed by atoms with van der Waals surface area (Å²) in [5.74, 6) is -4.25. The maximum Gasteiger partial charge on any atom is 0.490 e. The van der Waals surface area contributed by atoms with E-state index in [9.17, 15) is 37.5 Å². The minimum Gasteiger partial charge on any atom is -0.508 e. The number of carboxylic acid groups (broad SMARTS) is 1. The highest BCUT2D eigenvalue weighted by molar-refractivity contribution is 5.95. The molecule has 9 N–H and O–H groups in total. The fraction of sp³-hybridized carbons (Fsp3) is 0.250. The molecule has 17 heteroatoms. The van der Waals surface area contributed by atoms with Crippen LogP contribution in [-0.2, 0) is 32.1 Å². The molecule has 1 atom stereocenters. The van der Waals surface area contributed by atoms with Crippen LogP contribution in [-0.4, -0.2) is 77.7 Å². The minimum absolute atomic E-state index is 0.110. The number of alkyl halides is 3. The Bertz CT molecular complexity index is 1880. The van der Waals surface area contributed by atoms with Gasteiger partial charge in [-0.05, 0) is 47.2 Å². The predicted octanol–water partition coefficient (Wildman–Crippen LogP) is 3.71. The number of nitrogens with zero attached hydrogens (tertiary/aromatic N) is 1. The van der Waals surface area contributed by atoms with E-state index in [-0.39, 0.29) is 68.5 Å². The number of halogens is 3. The third-order valence-electron chi connectivity index (χ3n) is 7.92. The summed E-state index contributed by atoms with van der Waals surface area (Å²) in [6.45, 7) is 0.813. The average Bonchev–Trinajstić information content (AvgIpc) is 3.18. The molecule has 0 saturated heterocycles. The normalized spacial score (nSPS) is 11.6. The summed E-state index contributed by atoms with van der Waals surface area (Å²) in [6, 6.07) is 33.1. The van der Waals surface area contributed by atoms with Crippen LogP contribution in [0.1, 0.15) is 41.0 Å². The quantitative estimate of drug-likeness (QED) is 0.0474. The molecule has 14 nitrogen and oxygen atoms in total. The van der Waals surface area contributed by atoms with Gasteiger partial charge < -0.3 is 37.2 Å². The van der Waals surface area contributed by atoms with E-state index in [4.69, 9.17) is 15.6 Å². The Morgan fingerprint density at radius 3 is 1.77 bits per heavy atom. The highest BCUT2D eigenvalue weighted by atomic mass is 19.4. The molecule has 4 aromatic carbocycles. The van der Waals surface area contributed by atoms with Gasteiger partial charge in [0.1, 0.15) is 11.8 Å². The van der Waals surface area contributed by atoms with Crippen LogP contribution in [0, 0.1) is 0 Å². The van der Waals surface area contributed by atoms with Crippen molar-refractivity contribution in [3.8, 4) is 5.75 Å². The molecule has 0 saturated carbocycles. The van der Waals surface area contributed by atoms with Crippen LogP contribution >= 0.6 is 0 Å². The van der Waals surface area contributed by atoms with Crippen LogP contribution < -0.4 is 32.3 Å². The van der Waals surface area contributed by atoms with Crippen molar-refractivity contribution >= 4 is 35.7 Å². The van der Waals surface area contributed by atoms with Gasteiger partial charge in [-0.25, -0.2) is 9.59 Å². The van der Waals surface area contributed by atoms with E-state index in [2.05, 4.69) is 31.6 Å². The summed E-state index contributed by atoms with van der Waals surface area (Å²) in [4.78, 5) is 64.6. The van der Waals surface area contributed by atoms with Crippen LogP contribution in [0.4, 0.5) is 18.0 Å². The van der Waals surface area contributed by atoms with Gasteiger partial charge in [-0.15, -0.1) is 0 Å². The Morgan fingerprint density at radius 2 is 1.23 bits per heavy atom. The highest BCUT2D eigenvalue weighted by Crippen LogP contribution is 2.25. The van der Waals surface area contributed by atoms with Crippen LogP contribution in [0.15, 0.2) is 120 Å². The van der Waals surface area contributed by atoms with E-state index >= 15 is 0 Å². The first-order valence-electron chi connectivity index (χ1n) is 17.6. The van der Waals surface area contributed by atoms with Gasteiger partial charge in [0.25, 0.3) is 0 Å². The number of hydrogen-bond donors (Lipinski definition) is 8. The van der Waals surface area contributed by atoms with Crippen molar-refractivity contribution in [2.45, 2.75) is 43.9 Å². The number of rotatable bonds is 16. The second-order valence-electron chi connectivity index (χ2n) is 12.3. The minimum atomic E-state index is -5.08. The molecular weight excluding hydrogens is 747 g/mol. The van der Waals surface area contributed by atoms with E-state index in [1.54, 1.807) is 12.1 Å². The first-order chi connectivity index (χ1) is 27.2. The highest BCUT2D eigenvalue weighted by Gasteiger charge is 2.38. The number of nitrogens with two attached hydrogens (primary N) is 1. The number of aliphatic imine (C=N–C) groups is 1. The zero-order valence-corrected chi connectivity index (χ0v) is 30.7. The van der Waals surface area contributed by atoms with Crippen molar-refractivity contribution in [1.82, 2.24) is 26.6 Å². The van der Waals surface area contributed by atoms with Crippen molar-refractivity contribution in [2.24, 2.45) is 10.7 Å². The number of urea groups is 1. The monoisotopic (exact) mass is 791 g/mol. The molecule has 0 unspecified atom stereocenters. The van der Waals surface area contributed by atoms with E-state index in [1.165, 1.54) is 12.1 Å². The summed E-state index contributed by atoms with van der Waals surface area (Å²) in [6.07, 6.45) is -4.22. The largest absolute Gasteiger partial charge is 0.508 e. The first kappa shape index (κ1) is 44.5. The average molecular weight is 792 g/mol. The van der Waals surface area contributed by atoms with Gasteiger partial charge >= 0.3 is 18.2 Å². The molecule has 0 fully saturated rings. The molecule has 0 aliphatic heterocycles. The van der Waals surface area contributed by atoms with Gasteiger partial charge in [0.2, 0.25) is 17.7 Å². The lowest BCUT2D eigenvalue weighted by Crippen LogP contribution is -2.48.